The summed E-state index contributed by atoms with van der Waals surface area (Å²) in [5.74, 6) is 0.637. The molecule has 20 heavy (non-hydrogen) atoms. The van der Waals surface area contributed by atoms with Crippen LogP contribution in [0.2, 0.25) is 0 Å². The number of amides is 1. The largest absolute Gasteiger partial charge is 0.465 e. The summed E-state index contributed by atoms with van der Waals surface area (Å²) in [5, 5.41) is 6.88. The lowest BCUT2D eigenvalue weighted by molar-refractivity contribution is -0.118. The van der Waals surface area contributed by atoms with Gasteiger partial charge in [-0.3, -0.25) is 10.1 Å². The van der Waals surface area contributed by atoms with Gasteiger partial charge in [0.2, 0.25) is 0 Å². The summed E-state index contributed by atoms with van der Waals surface area (Å²) in [6.07, 6.45) is 0. The Morgan fingerprint density at radius 3 is 3.05 bits per heavy atom. The van der Waals surface area contributed by atoms with E-state index in [2.05, 4.69) is 15.5 Å². The average Bonchev–Trinajstić information content (AvgIpc) is 3.01. The second-order valence-corrected chi connectivity index (χ2v) is 5.13. The maximum atomic E-state index is 11.7. The number of ether oxygens (including phenoxy) is 1. The maximum Gasteiger partial charge on any atom is 0.264 e. The molecule has 0 bridgehead atoms. The van der Waals surface area contributed by atoms with Crippen LogP contribution < -0.4 is 10.1 Å². The van der Waals surface area contributed by atoms with Crippen molar-refractivity contribution < 1.29 is 14.1 Å². The third-order valence-electron chi connectivity index (χ3n) is 2.50. The van der Waals surface area contributed by atoms with E-state index in [9.17, 15) is 4.79 Å². The molecule has 2 heterocycles. The van der Waals surface area contributed by atoms with Crippen LogP contribution in [0.5, 0.6) is 5.88 Å². The van der Waals surface area contributed by atoms with Crippen molar-refractivity contribution in [3.63, 3.8) is 0 Å². The van der Waals surface area contributed by atoms with Crippen molar-refractivity contribution in [1.29, 1.82) is 0 Å². The van der Waals surface area contributed by atoms with Gasteiger partial charge in [0.25, 0.3) is 11.8 Å². The van der Waals surface area contributed by atoms with Crippen LogP contribution in [0.4, 0.5) is 5.13 Å². The molecule has 102 valence electrons. The number of para-hydroxylation sites is 1. The highest BCUT2D eigenvalue weighted by Crippen LogP contribution is 2.25. The topological polar surface area (TPSA) is 77.2 Å². The first-order chi connectivity index (χ1) is 9.70. The summed E-state index contributed by atoms with van der Waals surface area (Å²) in [5.41, 5.74) is 0.862. The van der Waals surface area contributed by atoms with Crippen LogP contribution in [0.3, 0.4) is 0 Å². The van der Waals surface area contributed by atoms with Gasteiger partial charge in [-0.15, -0.1) is 0 Å². The molecule has 0 saturated heterocycles. The molecule has 0 spiro atoms. The lowest BCUT2D eigenvalue weighted by atomic mass is 10.3. The fraction of sp³-hybridized carbons (Fsp3) is 0.154. The number of nitrogens with zero attached hydrogens (tertiary/aromatic N) is 2. The molecule has 1 aromatic carbocycles. The van der Waals surface area contributed by atoms with E-state index in [-0.39, 0.29) is 12.5 Å². The van der Waals surface area contributed by atoms with Gasteiger partial charge in [-0.25, -0.2) is 4.98 Å². The summed E-state index contributed by atoms with van der Waals surface area (Å²) in [4.78, 5) is 16.1. The predicted molar refractivity (Wildman–Crippen MR) is 75.0 cm³/mol. The van der Waals surface area contributed by atoms with Crippen molar-refractivity contribution in [3.8, 4) is 5.88 Å². The van der Waals surface area contributed by atoms with Crippen LogP contribution in [0, 0.1) is 6.92 Å². The van der Waals surface area contributed by atoms with Crippen molar-refractivity contribution in [3.05, 3.63) is 36.1 Å². The fourth-order valence-electron chi connectivity index (χ4n) is 1.63. The van der Waals surface area contributed by atoms with Crippen LogP contribution in [0.1, 0.15) is 5.76 Å². The number of carbonyl (C=O) groups excluding carboxylic acids is 1. The zero-order valence-electron chi connectivity index (χ0n) is 10.6. The molecule has 0 aliphatic carbocycles. The van der Waals surface area contributed by atoms with E-state index in [1.807, 2.05) is 24.3 Å². The minimum absolute atomic E-state index is 0.137. The standard InChI is InChI=1S/C13H11N3O3S/c1-8-6-12(16-19-8)18-7-11(17)15-13-14-9-4-2-3-5-10(9)20-13/h2-6H,7H2,1H3,(H,14,15,17). The van der Waals surface area contributed by atoms with Crippen LogP contribution >= 0.6 is 11.3 Å². The monoisotopic (exact) mass is 289 g/mol. The zero-order valence-corrected chi connectivity index (χ0v) is 11.4. The van der Waals surface area contributed by atoms with Gasteiger partial charge in [-0.2, -0.15) is 0 Å². The summed E-state index contributed by atoms with van der Waals surface area (Å²) in [7, 11) is 0. The first-order valence-electron chi connectivity index (χ1n) is 5.92. The van der Waals surface area contributed by atoms with E-state index in [1.54, 1.807) is 13.0 Å². The lowest BCUT2D eigenvalue weighted by Gasteiger charge is -2.01. The van der Waals surface area contributed by atoms with Crippen molar-refractivity contribution in [2.24, 2.45) is 0 Å². The third kappa shape index (κ3) is 2.77. The highest BCUT2D eigenvalue weighted by Gasteiger charge is 2.09. The molecule has 0 radical (unpaired) electrons. The molecule has 0 aliphatic rings. The number of benzene rings is 1. The SMILES string of the molecule is Cc1cc(OCC(=O)Nc2nc3ccccc3s2)no1. The van der Waals surface area contributed by atoms with E-state index >= 15 is 0 Å². The first kappa shape index (κ1) is 12.6. The zero-order chi connectivity index (χ0) is 13.9. The molecule has 3 aromatic rings. The van der Waals surface area contributed by atoms with Gasteiger partial charge in [0, 0.05) is 6.07 Å². The van der Waals surface area contributed by atoms with Gasteiger partial charge >= 0.3 is 0 Å². The van der Waals surface area contributed by atoms with Gasteiger partial charge in [-0.05, 0) is 24.2 Å². The fourth-order valence-corrected chi connectivity index (χ4v) is 2.51. The molecule has 2 aromatic heterocycles. The molecular formula is C13H11N3O3S. The summed E-state index contributed by atoms with van der Waals surface area (Å²) < 4.78 is 11.1. The number of carbonyl (C=O) groups is 1. The number of hydrogen-bond acceptors (Lipinski definition) is 6. The van der Waals surface area contributed by atoms with Crippen LogP contribution in [-0.4, -0.2) is 22.7 Å². The lowest BCUT2D eigenvalue weighted by Crippen LogP contribution is -2.20. The van der Waals surface area contributed by atoms with Gasteiger partial charge in [0.15, 0.2) is 11.7 Å². The Bertz CT molecular complexity index is 717. The van der Waals surface area contributed by atoms with Crippen LogP contribution in [0.15, 0.2) is 34.9 Å². The Kier molecular flexibility index (Phi) is 3.34. The minimum Gasteiger partial charge on any atom is -0.465 e. The molecule has 6 nitrogen and oxygen atoms in total. The molecule has 1 N–H and O–H groups in total. The van der Waals surface area contributed by atoms with Gasteiger partial charge < -0.3 is 9.26 Å². The van der Waals surface area contributed by atoms with Gasteiger partial charge in [0.1, 0.15) is 5.76 Å². The third-order valence-corrected chi connectivity index (χ3v) is 3.45. The molecule has 0 fully saturated rings. The van der Waals surface area contributed by atoms with E-state index in [1.165, 1.54) is 11.3 Å². The second kappa shape index (κ2) is 5.30. The molecule has 0 atom stereocenters. The number of rotatable bonds is 4. The van der Waals surface area contributed by atoms with Crippen molar-refractivity contribution in [2.75, 3.05) is 11.9 Å². The van der Waals surface area contributed by atoms with E-state index in [4.69, 9.17) is 9.26 Å². The van der Waals surface area contributed by atoms with E-state index < -0.39 is 0 Å². The Labute approximate surface area is 118 Å². The molecule has 1 amide bonds. The predicted octanol–water partition coefficient (Wildman–Crippen LogP) is 2.61. The number of fused-ring (bicyclic) bond motifs is 1. The number of nitrogens with one attached hydrogen (secondary N) is 1. The Morgan fingerprint density at radius 1 is 1.45 bits per heavy atom. The molecule has 0 aliphatic heterocycles. The maximum absolute atomic E-state index is 11.7. The summed E-state index contributed by atoms with van der Waals surface area (Å²) in [6.45, 7) is 1.61. The summed E-state index contributed by atoms with van der Waals surface area (Å²) >= 11 is 1.42. The Morgan fingerprint density at radius 2 is 2.30 bits per heavy atom. The Hall–Kier alpha value is -2.41. The van der Waals surface area contributed by atoms with E-state index in [0.29, 0.717) is 16.8 Å². The van der Waals surface area contributed by atoms with E-state index in [0.717, 1.165) is 10.2 Å². The smallest absolute Gasteiger partial charge is 0.264 e. The highest BCUT2D eigenvalue weighted by atomic mass is 32.1. The Balaban J connectivity index is 1.60. The number of hydrogen-bond donors (Lipinski definition) is 1. The normalized spacial score (nSPS) is 10.7. The highest BCUT2D eigenvalue weighted by molar-refractivity contribution is 7.22. The van der Waals surface area contributed by atoms with Crippen LogP contribution in [0.25, 0.3) is 10.2 Å². The number of aryl methyl sites for hydroxylation is 1. The van der Waals surface area contributed by atoms with Crippen molar-refractivity contribution in [1.82, 2.24) is 10.1 Å². The number of anilines is 1. The minimum atomic E-state index is -0.287. The number of aromatic nitrogens is 2. The molecule has 0 saturated carbocycles. The molecule has 3 rings (SSSR count). The molecular weight excluding hydrogens is 278 g/mol. The molecule has 0 unspecified atom stereocenters. The van der Waals surface area contributed by atoms with Crippen molar-refractivity contribution in [2.45, 2.75) is 6.92 Å². The quantitative estimate of drug-likeness (QED) is 0.798. The van der Waals surface area contributed by atoms with Gasteiger partial charge in [0.05, 0.1) is 10.2 Å². The van der Waals surface area contributed by atoms with Gasteiger partial charge in [-0.1, -0.05) is 23.5 Å². The summed E-state index contributed by atoms with van der Waals surface area (Å²) in [6, 6.07) is 9.31. The molecule has 7 heteroatoms. The second-order valence-electron chi connectivity index (χ2n) is 4.10. The number of thiazole rings is 1. The van der Waals surface area contributed by atoms with Crippen molar-refractivity contribution >= 4 is 32.6 Å². The van der Waals surface area contributed by atoms with Crippen LogP contribution in [-0.2, 0) is 4.79 Å². The first-order valence-corrected chi connectivity index (χ1v) is 6.74. The average molecular weight is 289 g/mol.